The Morgan fingerprint density at radius 3 is 2.96 bits per heavy atom. The summed E-state index contributed by atoms with van der Waals surface area (Å²) in [5.74, 6) is -0.404. The van der Waals surface area contributed by atoms with Crippen molar-refractivity contribution in [2.45, 2.75) is 32.2 Å². The molecular formula is C17H21ClN2O3. The van der Waals surface area contributed by atoms with Gasteiger partial charge in [-0.3, -0.25) is 9.59 Å². The third-order valence-electron chi connectivity index (χ3n) is 4.81. The van der Waals surface area contributed by atoms with Crippen LogP contribution in [0.4, 0.5) is 5.69 Å². The first-order valence-corrected chi connectivity index (χ1v) is 8.37. The van der Waals surface area contributed by atoms with E-state index >= 15 is 0 Å². The third-order valence-corrected chi connectivity index (χ3v) is 5.04. The highest BCUT2D eigenvalue weighted by molar-refractivity contribution is 6.31. The van der Waals surface area contributed by atoms with Gasteiger partial charge in [0.25, 0.3) is 0 Å². The average molecular weight is 337 g/mol. The smallest absolute Gasteiger partial charge is 0.228 e. The molecule has 2 amide bonds. The Labute approximate surface area is 140 Å². The SMILES string of the molecule is Cc1ccc(Cl)cc1N1CC(C(=O)N2CCC[C@@H]2CO)CC1=O. The Balaban J connectivity index is 1.77. The maximum atomic E-state index is 12.7. The number of aliphatic hydroxyl groups is 1. The number of likely N-dealkylation sites (tertiary alicyclic amines) is 1. The van der Waals surface area contributed by atoms with E-state index in [4.69, 9.17) is 11.6 Å². The standard InChI is InChI=1S/C17H21ClN2O3/c1-11-4-5-13(18)8-15(11)20-9-12(7-16(20)22)17(23)19-6-2-3-14(19)10-21/h4-5,8,12,14,21H,2-3,6-7,9-10H2,1H3/t12?,14-/m1/s1. The van der Waals surface area contributed by atoms with Crippen molar-refractivity contribution >= 4 is 29.1 Å². The van der Waals surface area contributed by atoms with Crippen LogP contribution in [0.5, 0.6) is 0 Å². The van der Waals surface area contributed by atoms with Gasteiger partial charge in [-0.2, -0.15) is 0 Å². The molecule has 2 atom stereocenters. The number of halogens is 1. The van der Waals surface area contributed by atoms with Crippen molar-refractivity contribution in [1.29, 1.82) is 0 Å². The van der Waals surface area contributed by atoms with E-state index in [-0.39, 0.29) is 36.8 Å². The number of aryl methyl sites for hydroxylation is 1. The Morgan fingerprint density at radius 2 is 2.22 bits per heavy atom. The maximum absolute atomic E-state index is 12.7. The van der Waals surface area contributed by atoms with E-state index in [0.717, 1.165) is 24.1 Å². The fourth-order valence-corrected chi connectivity index (χ4v) is 3.70. The minimum atomic E-state index is -0.340. The number of nitrogens with zero attached hydrogens (tertiary/aromatic N) is 2. The molecule has 0 spiro atoms. The molecule has 124 valence electrons. The molecule has 2 fully saturated rings. The summed E-state index contributed by atoms with van der Waals surface area (Å²) in [4.78, 5) is 28.5. The lowest BCUT2D eigenvalue weighted by molar-refractivity contribution is -0.137. The molecular weight excluding hydrogens is 316 g/mol. The zero-order chi connectivity index (χ0) is 16.6. The van der Waals surface area contributed by atoms with E-state index < -0.39 is 0 Å². The average Bonchev–Trinajstić information content (AvgIpc) is 3.15. The Bertz CT molecular complexity index is 634. The Hall–Kier alpha value is -1.59. The molecule has 1 aromatic carbocycles. The van der Waals surface area contributed by atoms with Crippen molar-refractivity contribution in [3.8, 4) is 0 Å². The Kier molecular flexibility index (Phi) is 4.60. The van der Waals surface area contributed by atoms with Gasteiger partial charge in [-0.1, -0.05) is 17.7 Å². The number of hydrogen-bond acceptors (Lipinski definition) is 3. The molecule has 1 unspecified atom stereocenters. The molecule has 1 N–H and O–H groups in total. The van der Waals surface area contributed by atoms with Crippen molar-refractivity contribution in [1.82, 2.24) is 4.90 Å². The van der Waals surface area contributed by atoms with Gasteiger partial charge in [0, 0.05) is 30.2 Å². The van der Waals surface area contributed by atoms with Gasteiger partial charge in [-0.15, -0.1) is 0 Å². The minimum Gasteiger partial charge on any atom is -0.394 e. The van der Waals surface area contributed by atoms with Crippen LogP contribution in [-0.4, -0.2) is 47.6 Å². The lowest BCUT2D eigenvalue weighted by atomic mass is 10.1. The van der Waals surface area contributed by atoms with E-state index in [0.29, 0.717) is 18.1 Å². The monoisotopic (exact) mass is 336 g/mol. The van der Waals surface area contributed by atoms with E-state index in [1.54, 1.807) is 21.9 Å². The van der Waals surface area contributed by atoms with Gasteiger partial charge in [0.05, 0.1) is 18.6 Å². The summed E-state index contributed by atoms with van der Waals surface area (Å²) >= 11 is 6.04. The van der Waals surface area contributed by atoms with Crippen LogP contribution in [0.3, 0.4) is 0 Å². The molecule has 2 aliphatic heterocycles. The third kappa shape index (κ3) is 3.08. The second kappa shape index (κ2) is 6.49. The molecule has 0 radical (unpaired) electrons. The maximum Gasteiger partial charge on any atom is 0.228 e. The summed E-state index contributed by atoms with van der Waals surface area (Å²) in [7, 11) is 0. The van der Waals surface area contributed by atoms with Crippen molar-refractivity contribution in [2.75, 3.05) is 24.6 Å². The van der Waals surface area contributed by atoms with Crippen LogP contribution >= 0.6 is 11.6 Å². The fourth-order valence-electron chi connectivity index (χ4n) is 3.53. The number of anilines is 1. The second-order valence-corrected chi connectivity index (χ2v) is 6.78. The number of hydrogen-bond donors (Lipinski definition) is 1. The van der Waals surface area contributed by atoms with Crippen molar-refractivity contribution in [3.05, 3.63) is 28.8 Å². The highest BCUT2D eigenvalue weighted by Gasteiger charge is 2.40. The van der Waals surface area contributed by atoms with Crippen LogP contribution < -0.4 is 4.90 Å². The zero-order valence-electron chi connectivity index (χ0n) is 13.2. The van der Waals surface area contributed by atoms with Gasteiger partial charge in [0.15, 0.2) is 0 Å². The normalized spacial score (nSPS) is 24.6. The van der Waals surface area contributed by atoms with Crippen LogP contribution in [0, 0.1) is 12.8 Å². The van der Waals surface area contributed by atoms with Gasteiger partial charge in [-0.05, 0) is 37.5 Å². The second-order valence-electron chi connectivity index (χ2n) is 6.35. The number of amides is 2. The molecule has 3 rings (SSSR count). The summed E-state index contributed by atoms with van der Waals surface area (Å²) < 4.78 is 0. The van der Waals surface area contributed by atoms with E-state index in [1.807, 2.05) is 13.0 Å². The molecule has 0 bridgehead atoms. The molecule has 2 heterocycles. The lowest BCUT2D eigenvalue weighted by Gasteiger charge is -2.26. The minimum absolute atomic E-state index is 0.0104. The topological polar surface area (TPSA) is 60.9 Å². The molecule has 0 aliphatic carbocycles. The van der Waals surface area contributed by atoms with Crippen LogP contribution in [0.1, 0.15) is 24.8 Å². The molecule has 1 aromatic rings. The Morgan fingerprint density at radius 1 is 1.43 bits per heavy atom. The first-order chi connectivity index (χ1) is 11.0. The van der Waals surface area contributed by atoms with Gasteiger partial charge in [0.2, 0.25) is 11.8 Å². The first-order valence-electron chi connectivity index (χ1n) is 7.99. The number of aliphatic hydroxyl groups excluding tert-OH is 1. The van der Waals surface area contributed by atoms with Crippen LogP contribution in [0.2, 0.25) is 5.02 Å². The predicted octanol–water partition coefficient (Wildman–Crippen LogP) is 1.98. The van der Waals surface area contributed by atoms with Gasteiger partial charge in [-0.25, -0.2) is 0 Å². The lowest BCUT2D eigenvalue weighted by Crippen LogP contribution is -2.42. The highest BCUT2D eigenvalue weighted by Crippen LogP contribution is 2.32. The fraction of sp³-hybridized carbons (Fsp3) is 0.529. The zero-order valence-corrected chi connectivity index (χ0v) is 13.9. The quantitative estimate of drug-likeness (QED) is 0.918. The van der Waals surface area contributed by atoms with Crippen LogP contribution in [0.15, 0.2) is 18.2 Å². The van der Waals surface area contributed by atoms with E-state index in [9.17, 15) is 14.7 Å². The van der Waals surface area contributed by atoms with Gasteiger partial charge >= 0.3 is 0 Å². The number of benzene rings is 1. The van der Waals surface area contributed by atoms with Crippen LogP contribution in [-0.2, 0) is 9.59 Å². The van der Waals surface area contributed by atoms with Crippen molar-refractivity contribution in [3.63, 3.8) is 0 Å². The van der Waals surface area contributed by atoms with Crippen molar-refractivity contribution in [2.24, 2.45) is 5.92 Å². The van der Waals surface area contributed by atoms with E-state index in [1.165, 1.54) is 0 Å². The highest BCUT2D eigenvalue weighted by atomic mass is 35.5. The molecule has 0 saturated carbocycles. The summed E-state index contributed by atoms with van der Waals surface area (Å²) in [5.41, 5.74) is 1.74. The molecule has 23 heavy (non-hydrogen) atoms. The molecule has 6 heteroatoms. The number of rotatable bonds is 3. The first kappa shape index (κ1) is 16.3. The van der Waals surface area contributed by atoms with Crippen LogP contribution in [0.25, 0.3) is 0 Å². The largest absolute Gasteiger partial charge is 0.394 e. The summed E-state index contributed by atoms with van der Waals surface area (Å²) in [6.45, 7) is 2.97. The van der Waals surface area contributed by atoms with E-state index in [2.05, 4.69) is 0 Å². The molecule has 2 saturated heterocycles. The summed E-state index contributed by atoms with van der Waals surface area (Å²) in [5, 5.41) is 9.97. The number of carbonyl (C=O) groups excluding carboxylic acids is 2. The summed E-state index contributed by atoms with van der Waals surface area (Å²) in [6.07, 6.45) is 1.97. The number of carbonyl (C=O) groups is 2. The van der Waals surface area contributed by atoms with Gasteiger partial charge in [0.1, 0.15) is 0 Å². The van der Waals surface area contributed by atoms with Crippen molar-refractivity contribution < 1.29 is 14.7 Å². The predicted molar refractivity (Wildman–Crippen MR) is 88.5 cm³/mol. The summed E-state index contributed by atoms with van der Waals surface area (Å²) in [6, 6.07) is 5.34. The van der Waals surface area contributed by atoms with Gasteiger partial charge < -0.3 is 14.9 Å². The molecule has 2 aliphatic rings. The molecule has 0 aromatic heterocycles. The molecule has 5 nitrogen and oxygen atoms in total.